The van der Waals surface area contributed by atoms with Gasteiger partial charge in [-0.1, -0.05) is 11.6 Å². The Bertz CT molecular complexity index is 1070. The summed E-state index contributed by atoms with van der Waals surface area (Å²) in [6.45, 7) is 2.33. The molecule has 144 valence electrons. The zero-order chi connectivity index (χ0) is 20.3. The van der Waals surface area contributed by atoms with Crippen molar-refractivity contribution in [2.45, 2.75) is 6.92 Å². The van der Waals surface area contributed by atoms with Crippen molar-refractivity contribution in [2.75, 3.05) is 6.61 Å². The minimum Gasteiger partial charge on any atom is -0.491 e. The molecule has 0 unspecified atom stereocenters. The summed E-state index contributed by atoms with van der Waals surface area (Å²) in [5.74, 6) is -0.0773. The highest BCUT2D eigenvalue weighted by atomic mass is 79.9. The van der Waals surface area contributed by atoms with Gasteiger partial charge in [0.1, 0.15) is 5.58 Å². The Labute approximate surface area is 172 Å². The summed E-state index contributed by atoms with van der Waals surface area (Å²) < 4.78 is 11.5. The maximum absolute atomic E-state index is 12.2. The van der Waals surface area contributed by atoms with Gasteiger partial charge >= 0.3 is 5.91 Å². The van der Waals surface area contributed by atoms with E-state index in [0.29, 0.717) is 38.4 Å². The topological polar surface area (TPSA) is 107 Å². The number of hydrogen-bond acceptors (Lipinski definition) is 6. The largest absolute Gasteiger partial charge is 0.491 e. The van der Waals surface area contributed by atoms with Crippen molar-refractivity contribution in [2.24, 2.45) is 5.10 Å². The molecule has 0 saturated heterocycles. The van der Waals surface area contributed by atoms with Gasteiger partial charge in [-0.15, -0.1) is 0 Å². The molecule has 0 aliphatic carbocycles. The lowest BCUT2D eigenvalue weighted by Crippen LogP contribution is -2.16. The van der Waals surface area contributed by atoms with Gasteiger partial charge in [-0.05, 0) is 52.7 Å². The van der Waals surface area contributed by atoms with E-state index in [2.05, 4.69) is 26.5 Å². The lowest BCUT2D eigenvalue weighted by Gasteiger charge is -2.08. The van der Waals surface area contributed by atoms with E-state index < -0.39 is 10.8 Å². The Morgan fingerprint density at radius 2 is 2.18 bits per heavy atom. The number of hydrazone groups is 1. The van der Waals surface area contributed by atoms with Crippen LogP contribution in [0.2, 0.25) is 5.02 Å². The maximum Gasteiger partial charge on any atom is 0.307 e. The van der Waals surface area contributed by atoms with Gasteiger partial charge in [0.15, 0.2) is 11.5 Å². The van der Waals surface area contributed by atoms with Gasteiger partial charge in [0.2, 0.25) is 0 Å². The number of nitrogens with zero attached hydrogens (tertiary/aromatic N) is 2. The number of non-ortho nitro benzene ring substituents is 1. The summed E-state index contributed by atoms with van der Waals surface area (Å²) >= 11 is 9.53. The molecule has 10 heteroatoms. The Morgan fingerprint density at radius 3 is 2.86 bits per heavy atom. The fraction of sp³-hybridized carbons (Fsp3) is 0.111. The highest BCUT2D eigenvalue weighted by Gasteiger charge is 2.14. The van der Waals surface area contributed by atoms with Crippen LogP contribution >= 0.6 is 27.5 Å². The van der Waals surface area contributed by atoms with Crippen molar-refractivity contribution in [1.82, 2.24) is 5.43 Å². The van der Waals surface area contributed by atoms with E-state index in [0.717, 1.165) is 0 Å². The first kappa shape index (κ1) is 19.8. The number of furan rings is 1. The quantitative estimate of drug-likeness (QED) is 0.315. The van der Waals surface area contributed by atoms with Crippen LogP contribution in [0.1, 0.15) is 23.0 Å². The van der Waals surface area contributed by atoms with Crippen LogP contribution in [-0.2, 0) is 0 Å². The predicted molar refractivity (Wildman–Crippen MR) is 108 cm³/mol. The molecular weight excluding hydrogens is 454 g/mol. The minimum atomic E-state index is -0.591. The molecular formula is C18H13BrClN3O5. The van der Waals surface area contributed by atoms with Gasteiger partial charge in [0.05, 0.1) is 27.2 Å². The molecule has 1 amide bonds. The highest BCUT2D eigenvalue weighted by molar-refractivity contribution is 9.10. The van der Waals surface area contributed by atoms with Gasteiger partial charge in [-0.2, -0.15) is 5.10 Å². The summed E-state index contributed by atoms with van der Waals surface area (Å²) in [7, 11) is 0. The number of halogens is 2. The molecule has 0 fully saturated rings. The number of benzene rings is 2. The van der Waals surface area contributed by atoms with Gasteiger partial charge in [0, 0.05) is 17.5 Å². The van der Waals surface area contributed by atoms with Gasteiger partial charge in [-0.3, -0.25) is 14.9 Å². The average Bonchev–Trinajstić information content (AvgIpc) is 3.08. The van der Waals surface area contributed by atoms with Crippen molar-refractivity contribution in [3.63, 3.8) is 0 Å². The number of rotatable bonds is 6. The van der Waals surface area contributed by atoms with E-state index in [1.54, 1.807) is 12.1 Å². The molecule has 1 aromatic heterocycles. The summed E-state index contributed by atoms with van der Waals surface area (Å²) in [5, 5.41) is 15.6. The van der Waals surface area contributed by atoms with E-state index in [9.17, 15) is 14.9 Å². The van der Waals surface area contributed by atoms with Crippen LogP contribution in [0.5, 0.6) is 5.75 Å². The van der Waals surface area contributed by atoms with Gasteiger partial charge in [-0.25, -0.2) is 5.43 Å². The van der Waals surface area contributed by atoms with Crippen LogP contribution in [0.25, 0.3) is 11.0 Å². The first-order valence-electron chi connectivity index (χ1n) is 8.02. The second-order valence-electron chi connectivity index (χ2n) is 5.54. The number of fused-ring (bicyclic) bond motifs is 1. The molecule has 0 aliphatic heterocycles. The molecule has 8 nitrogen and oxygen atoms in total. The summed E-state index contributed by atoms with van der Waals surface area (Å²) in [6, 6.07) is 8.88. The zero-order valence-electron chi connectivity index (χ0n) is 14.4. The molecule has 0 atom stereocenters. The van der Waals surface area contributed by atoms with Crippen molar-refractivity contribution >= 4 is 56.3 Å². The Kier molecular flexibility index (Phi) is 5.96. The molecule has 2 aromatic carbocycles. The fourth-order valence-corrected chi connectivity index (χ4v) is 3.40. The summed E-state index contributed by atoms with van der Waals surface area (Å²) in [5.41, 5.74) is 3.25. The molecule has 0 bridgehead atoms. The molecule has 0 spiro atoms. The third-order valence-corrected chi connectivity index (χ3v) is 4.49. The molecule has 3 aromatic rings. The van der Waals surface area contributed by atoms with E-state index >= 15 is 0 Å². The predicted octanol–water partition coefficient (Wildman–Crippen LogP) is 4.92. The molecule has 0 aliphatic rings. The Balaban J connectivity index is 1.73. The molecule has 1 N–H and O–H groups in total. The monoisotopic (exact) mass is 465 g/mol. The first-order chi connectivity index (χ1) is 13.4. The lowest BCUT2D eigenvalue weighted by atomic mass is 10.2. The van der Waals surface area contributed by atoms with E-state index in [1.807, 2.05) is 6.92 Å². The van der Waals surface area contributed by atoms with Crippen LogP contribution in [0, 0.1) is 10.1 Å². The Hall–Kier alpha value is -2.91. The molecule has 0 saturated carbocycles. The minimum absolute atomic E-state index is 0.0152. The van der Waals surface area contributed by atoms with Gasteiger partial charge in [0.25, 0.3) is 5.69 Å². The normalized spacial score (nSPS) is 11.1. The standard InChI is InChI=1S/C18H13BrClN3O5/c1-2-27-17-13(19)5-10(6-14(17)20)9-21-22-18(24)16-8-11-7-12(23(25)26)3-4-15(11)28-16/h3-9H,2H2,1H3,(H,22,24)/b21-9+. The smallest absolute Gasteiger partial charge is 0.307 e. The van der Waals surface area contributed by atoms with Crippen molar-refractivity contribution < 1.29 is 18.9 Å². The Morgan fingerprint density at radius 1 is 1.39 bits per heavy atom. The number of hydrogen-bond donors (Lipinski definition) is 1. The van der Waals surface area contributed by atoms with Crippen LogP contribution in [0.3, 0.4) is 0 Å². The highest BCUT2D eigenvalue weighted by Crippen LogP contribution is 2.34. The number of carbonyl (C=O) groups excluding carboxylic acids is 1. The van der Waals surface area contributed by atoms with Crippen LogP contribution < -0.4 is 10.2 Å². The number of nitro benzene ring substituents is 1. The van der Waals surface area contributed by atoms with E-state index in [1.165, 1.54) is 30.5 Å². The molecule has 28 heavy (non-hydrogen) atoms. The second-order valence-corrected chi connectivity index (χ2v) is 6.80. The maximum atomic E-state index is 12.2. The summed E-state index contributed by atoms with van der Waals surface area (Å²) in [6.07, 6.45) is 1.41. The lowest BCUT2D eigenvalue weighted by molar-refractivity contribution is -0.384. The zero-order valence-corrected chi connectivity index (χ0v) is 16.8. The fourth-order valence-electron chi connectivity index (χ4n) is 2.41. The number of ether oxygens (including phenoxy) is 1. The van der Waals surface area contributed by atoms with Crippen LogP contribution in [0.4, 0.5) is 5.69 Å². The second kappa shape index (κ2) is 8.41. The molecule has 0 radical (unpaired) electrons. The third-order valence-electron chi connectivity index (χ3n) is 3.62. The molecule has 3 rings (SSSR count). The van der Waals surface area contributed by atoms with Gasteiger partial charge < -0.3 is 9.15 Å². The van der Waals surface area contributed by atoms with Crippen LogP contribution in [0.15, 0.2) is 50.4 Å². The van der Waals surface area contributed by atoms with Crippen LogP contribution in [-0.4, -0.2) is 23.7 Å². The van der Waals surface area contributed by atoms with E-state index in [4.69, 9.17) is 20.8 Å². The number of nitrogens with one attached hydrogen (secondary N) is 1. The first-order valence-corrected chi connectivity index (χ1v) is 9.19. The average molecular weight is 467 g/mol. The molecule has 1 heterocycles. The van der Waals surface area contributed by atoms with Crippen molar-refractivity contribution in [3.05, 3.63) is 67.3 Å². The van der Waals surface area contributed by atoms with E-state index in [-0.39, 0.29) is 11.4 Å². The number of amides is 1. The number of carbonyl (C=O) groups is 1. The number of nitro groups is 1. The SMILES string of the molecule is CCOc1c(Cl)cc(/C=N/NC(=O)c2cc3cc([N+](=O)[O-])ccc3o2)cc1Br. The van der Waals surface area contributed by atoms with Crippen molar-refractivity contribution in [3.8, 4) is 5.75 Å². The van der Waals surface area contributed by atoms with Crippen molar-refractivity contribution in [1.29, 1.82) is 0 Å². The third kappa shape index (κ3) is 4.32. The summed E-state index contributed by atoms with van der Waals surface area (Å²) in [4.78, 5) is 22.5.